The Labute approximate surface area is 119 Å². The van der Waals surface area contributed by atoms with Gasteiger partial charge in [-0.2, -0.15) is 0 Å². The highest BCUT2D eigenvalue weighted by atomic mass is 35.5. The summed E-state index contributed by atoms with van der Waals surface area (Å²) in [6, 6.07) is 7.53. The van der Waals surface area contributed by atoms with Crippen LogP contribution in [0.25, 0.3) is 0 Å². The Morgan fingerprint density at radius 3 is 2.70 bits per heavy atom. The Hall–Kier alpha value is -2.18. The summed E-state index contributed by atoms with van der Waals surface area (Å²) < 4.78 is 5.47. The Morgan fingerprint density at radius 1 is 1.35 bits per heavy atom. The van der Waals surface area contributed by atoms with Crippen LogP contribution in [0.1, 0.15) is 11.3 Å². The first-order valence-electron chi connectivity index (χ1n) is 5.71. The average Bonchev–Trinajstić information content (AvgIpc) is 2.46. The predicted octanol–water partition coefficient (Wildman–Crippen LogP) is 2.71. The quantitative estimate of drug-likeness (QED) is 0.677. The van der Waals surface area contributed by atoms with Crippen LogP contribution in [0.5, 0.6) is 5.75 Å². The number of ether oxygens (including phenoxy) is 1. The number of benzene rings is 1. The molecule has 6 nitrogen and oxygen atoms in total. The summed E-state index contributed by atoms with van der Waals surface area (Å²) >= 11 is 5.95. The highest BCUT2D eigenvalue weighted by molar-refractivity contribution is 6.31. The summed E-state index contributed by atoms with van der Waals surface area (Å²) in [5, 5.41) is 19.7. The molecule has 0 saturated heterocycles. The minimum atomic E-state index is -0.506. The average molecular weight is 295 g/mol. The number of nitro groups is 1. The van der Waals surface area contributed by atoms with Crippen molar-refractivity contribution < 1.29 is 14.8 Å². The number of nitrogens with zero attached hydrogens (tertiary/aromatic N) is 2. The van der Waals surface area contributed by atoms with Crippen molar-refractivity contribution in [1.29, 1.82) is 0 Å². The Kier molecular flexibility index (Phi) is 4.49. The van der Waals surface area contributed by atoms with Gasteiger partial charge in [0.05, 0.1) is 28.4 Å². The molecule has 0 fully saturated rings. The van der Waals surface area contributed by atoms with Crippen LogP contribution in [-0.2, 0) is 13.2 Å². The molecule has 2 aromatic rings. The highest BCUT2D eigenvalue weighted by Crippen LogP contribution is 2.23. The lowest BCUT2D eigenvalue weighted by Gasteiger charge is -2.07. The first-order valence-corrected chi connectivity index (χ1v) is 6.09. The lowest BCUT2D eigenvalue weighted by Crippen LogP contribution is -1.98. The zero-order chi connectivity index (χ0) is 14.5. The van der Waals surface area contributed by atoms with Gasteiger partial charge < -0.3 is 9.84 Å². The van der Waals surface area contributed by atoms with E-state index in [1.807, 2.05) is 0 Å². The third kappa shape index (κ3) is 3.43. The molecule has 1 aromatic heterocycles. The van der Waals surface area contributed by atoms with Gasteiger partial charge in [-0.25, -0.2) is 0 Å². The SMILES string of the molecule is O=[N+]([O-])c1ccc(COc2ccc(CO)nc2)c(Cl)c1. The summed E-state index contributed by atoms with van der Waals surface area (Å²) in [4.78, 5) is 14.1. The third-order valence-corrected chi connectivity index (χ3v) is 2.95. The van der Waals surface area contributed by atoms with Crippen molar-refractivity contribution in [3.8, 4) is 5.75 Å². The van der Waals surface area contributed by atoms with E-state index in [-0.39, 0.29) is 23.9 Å². The summed E-state index contributed by atoms with van der Waals surface area (Å²) in [5.41, 5.74) is 1.13. The van der Waals surface area contributed by atoms with Gasteiger partial charge in [0.25, 0.3) is 5.69 Å². The Morgan fingerprint density at radius 2 is 2.15 bits per heavy atom. The van der Waals surface area contributed by atoms with Gasteiger partial charge in [0.2, 0.25) is 0 Å². The second-order valence-electron chi connectivity index (χ2n) is 3.96. The fourth-order valence-electron chi connectivity index (χ4n) is 1.52. The predicted molar refractivity (Wildman–Crippen MR) is 72.6 cm³/mol. The summed E-state index contributed by atoms with van der Waals surface area (Å²) in [7, 11) is 0. The van der Waals surface area contributed by atoms with Gasteiger partial charge in [0.1, 0.15) is 12.4 Å². The van der Waals surface area contributed by atoms with Crippen molar-refractivity contribution in [2.75, 3.05) is 0 Å². The lowest BCUT2D eigenvalue weighted by atomic mass is 10.2. The fraction of sp³-hybridized carbons (Fsp3) is 0.154. The van der Waals surface area contributed by atoms with Crippen LogP contribution in [0.3, 0.4) is 0 Å². The van der Waals surface area contributed by atoms with E-state index in [2.05, 4.69) is 4.98 Å². The number of hydrogen-bond acceptors (Lipinski definition) is 5. The zero-order valence-corrected chi connectivity index (χ0v) is 11.1. The van der Waals surface area contributed by atoms with Gasteiger partial charge in [-0.15, -0.1) is 0 Å². The van der Waals surface area contributed by atoms with E-state index >= 15 is 0 Å². The van der Waals surface area contributed by atoms with Crippen LogP contribution in [0.2, 0.25) is 5.02 Å². The van der Waals surface area contributed by atoms with Crippen LogP contribution in [-0.4, -0.2) is 15.0 Å². The minimum Gasteiger partial charge on any atom is -0.487 e. The van der Waals surface area contributed by atoms with E-state index in [9.17, 15) is 10.1 Å². The van der Waals surface area contributed by atoms with Crippen molar-refractivity contribution >= 4 is 17.3 Å². The van der Waals surface area contributed by atoms with Crippen molar-refractivity contribution in [2.45, 2.75) is 13.2 Å². The summed E-state index contributed by atoms with van der Waals surface area (Å²) in [6.07, 6.45) is 1.49. The highest BCUT2D eigenvalue weighted by Gasteiger charge is 2.09. The molecule has 0 aliphatic carbocycles. The molecule has 0 unspecified atom stereocenters. The Balaban J connectivity index is 2.04. The number of aliphatic hydroxyl groups is 1. The van der Waals surface area contributed by atoms with E-state index in [4.69, 9.17) is 21.4 Å². The smallest absolute Gasteiger partial charge is 0.270 e. The molecule has 2 rings (SSSR count). The molecular weight excluding hydrogens is 284 g/mol. The largest absolute Gasteiger partial charge is 0.487 e. The molecule has 0 saturated carbocycles. The first-order chi connectivity index (χ1) is 9.60. The Bertz CT molecular complexity index is 616. The molecule has 0 atom stereocenters. The molecule has 7 heteroatoms. The second-order valence-corrected chi connectivity index (χ2v) is 4.37. The number of pyridine rings is 1. The molecule has 0 amide bonds. The van der Waals surface area contributed by atoms with Gasteiger partial charge in [0.15, 0.2) is 0 Å². The number of nitro benzene ring substituents is 1. The third-order valence-electron chi connectivity index (χ3n) is 2.60. The molecular formula is C13H11ClN2O4. The number of non-ortho nitro benzene ring substituents is 1. The molecule has 104 valence electrons. The van der Waals surface area contributed by atoms with Crippen molar-refractivity contribution in [2.24, 2.45) is 0 Å². The molecule has 1 heterocycles. The van der Waals surface area contributed by atoms with Crippen molar-refractivity contribution in [3.05, 3.63) is 62.9 Å². The van der Waals surface area contributed by atoms with Gasteiger partial charge >= 0.3 is 0 Å². The van der Waals surface area contributed by atoms with E-state index < -0.39 is 4.92 Å². The van der Waals surface area contributed by atoms with Crippen LogP contribution < -0.4 is 4.74 Å². The van der Waals surface area contributed by atoms with Gasteiger partial charge in [-0.3, -0.25) is 15.1 Å². The molecule has 1 aromatic carbocycles. The van der Waals surface area contributed by atoms with E-state index in [0.29, 0.717) is 17.0 Å². The van der Waals surface area contributed by atoms with Crippen LogP contribution in [0.4, 0.5) is 5.69 Å². The standard InChI is InChI=1S/C13H11ClN2O4/c14-13-5-11(16(18)19)3-1-9(13)8-20-12-4-2-10(7-17)15-6-12/h1-6,17H,7-8H2. The van der Waals surface area contributed by atoms with Crippen LogP contribution in [0.15, 0.2) is 36.5 Å². The molecule has 0 aliphatic rings. The molecule has 0 bridgehead atoms. The van der Waals surface area contributed by atoms with E-state index in [1.165, 1.54) is 18.3 Å². The van der Waals surface area contributed by atoms with E-state index in [0.717, 1.165) is 0 Å². The van der Waals surface area contributed by atoms with E-state index in [1.54, 1.807) is 18.2 Å². The second kappa shape index (κ2) is 6.31. The number of rotatable bonds is 5. The summed E-state index contributed by atoms with van der Waals surface area (Å²) in [6.45, 7) is 0.0471. The molecule has 0 aliphatic heterocycles. The van der Waals surface area contributed by atoms with Gasteiger partial charge in [-0.05, 0) is 18.2 Å². The number of aromatic nitrogens is 1. The lowest BCUT2D eigenvalue weighted by molar-refractivity contribution is -0.384. The van der Waals surface area contributed by atoms with Crippen molar-refractivity contribution in [3.63, 3.8) is 0 Å². The zero-order valence-electron chi connectivity index (χ0n) is 10.3. The van der Waals surface area contributed by atoms with Crippen molar-refractivity contribution in [1.82, 2.24) is 4.98 Å². The normalized spacial score (nSPS) is 10.3. The monoisotopic (exact) mass is 294 g/mol. The number of halogens is 1. The van der Waals surface area contributed by atoms with Crippen LogP contribution in [0, 0.1) is 10.1 Å². The first kappa shape index (κ1) is 14.2. The molecule has 1 N–H and O–H groups in total. The minimum absolute atomic E-state index is 0.0623. The number of aliphatic hydroxyl groups excluding tert-OH is 1. The maximum atomic E-state index is 10.6. The maximum Gasteiger partial charge on any atom is 0.270 e. The maximum absolute atomic E-state index is 10.6. The topological polar surface area (TPSA) is 85.5 Å². The van der Waals surface area contributed by atoms with Crippen LogP contribution >= 0.6 is 11.6 Å². The number of hydrogen-bond donors (Lipinski definition) is 1. The molecule has 0 spiro atoms. The molecule has 20 heavy (non-hydrogen) atoms. The van der Waals surface area contributed by atoms with Gasteiger partial charge in [-0.1, -0.05) is 11.6 Å². The van der Waals surface area contributed by atoms with Gasteiger partial charge in [0, 0.05) is 17.7 Å². The molecule has 0 radical (unpaired) electrons. The fourth-order valence-corrected chi connectivity index (χ4v) is 1.75. The summed E-state index contributed by atoms with van der Waals surface area (Å²) in [5.74, 6) is 0.525.